The third-order valence-electron chi connectivity index (χ3n) is 4.08. The van der Waals surface area contributed by atoms with Crippen molar-refractivity contribution in [2.75, 3.05) is 0 Å². The van der Waals surface area contributed by atoms with Gasteiger partial charge in [-0.2, -0.15) is 0 Å². The molecule has 0 saturated heterocycles. The maximum Gasteiger partial charge on any atom is 0.407 e. The Hall–Kier alpha value is -2.08. The number of amides is 1. The number of esters is 1. The molecule has 1 aliphatic carbocycles. The van der Waals surface area contributed by atoms with Gasteiger partial charge >= 0.3 is 12.1 Å². The minimum atomic E-state index is -0.796. The average Bonchev–Trinajstić information content (AvgIpc) is 2.53. The number of aliphatic hydroxyl groups excluding tert-OH is 1. The first kappa shape index (κ1) is 19.2. The van der Waals surface area contributed by atoms with Crippen molar-refractivity contribution in [2.45, 2.75) is 64.4 Å². The Balaban J connectivity index is 1.78. The number of nitrogens with one attached hydrogen (secondary N) is 1. The van der Waals surface area contributed by atoms with E-state index in [2.05, 4.69) is 5.32 Å². The molecule has 2 rings (SSSR count). The summed E-state index contributed by atoms with van der Waals surface area (Å²) >= 11 is 0. The largest absolute Gasteiger partial charge is 0.461 e. The lowest BCUT2D eigenvalue weighted by Gasteiger charge is -2.33. The molecule has 0 aliphatic heterocycles. The van der Waals surface area contributed by atoms with E-state index >= 15 is 0 Å². The first-order valence-electron chi connectivity index (χ1n) is 8.63. The van der Waals surface area contributed by atoms with Gasteiger partial charge in [-0.05, 0) is 45.6 Å². The molecule has 0 unspecified atom stereocenters. The van der Waals surface area contributed by atoms with Crippen molar-refractivity contribution in [3.05, 3.63) is 35.9 Å². The van der Waals surface area contributed by atoms with E-state index in [4.69, 9.17) is 9.47 Å². The molecule has 0 spiro atoms. The monoisotopic (exact) mass is 349 g/mol. The van der Waals surface area contributed by atoms with Crippen LogP contribution in [0.4, 0.5) is 4.79 Å². The van der Waals surface area contributed by atoms with E-state index in [1.54, 1.807) is 20.8 Å². The molecule has 0 aromatic heterocycles. The zero-order chi connectivity index (χ0) is 18.4. The molecule has 25 heavy (non-hydrogen) atoms. The van der Waals surface area contributed by atoms with Gasteiger partial charge in [0.05, 0.1) is 18.1 Å². The predicted octanol–water partition coefficient (Wildman–Crippen LogP) is 2.78. The Morgan fingerprint density at radius 1 is 1.20 bits per heavy atom. The van der Waals surface area contributed by atoms with Gasteiger partial charge in [-0.25, -0.2) is 4.79 Å². The topological polar surface area (TPSA) is 84.9 Å². The van der Waals surface area contributed by atoms with Gasteiger partial charge in [0, 0.05) is 0 Å². The normalized spacial score (nSPS) is 23.6. The highest BCUT2D eigenvalue weighted by Gasteiger charge is 2.35. The second-order valence-electron chi connectivity index (χ2n) is 7.42. The van der Waals surface area contributed by atoms with Gasteiger partial charge in [0.1, 0.15) is 12.2 Å². The summed E-state index contributed by atoms with van der Waals surface area (Å²) in [4.78, 5) is 24.0. The molecule has 3 atom stereocenters. The minimum Gasteiger partial charge on any atom is -0.461 e. The molecule has 2 N–H and O–H groups in total. The van der Waals surface area contributed by atoms with Gasteiger partial charge in [0.25, 0.3) is 0 Å². The Morgan fingerprint density at radius 3 is 2.48 bits per heavy atom. The molecular formula is C19H27NO5. The quantitative estimate of drug-likeness (QED) is 0.817. The lowest BCUT2D eigenvalue weighted by Crippen LogP contribution is -2.49. The highest BCUT2D eigenvalue weighted by molar-refractivity contribution is 5.73. The molecule has 0 bridgehead atoms. The van der Waals surface area contributed by atoms with Crippen LogP contribution >= 0.6 is 0 Å². The standard InChI is InChI=1S/C19H27NO5/c1-19(2,3)25-18(23)20-15-10-9-14(11-16(15)21)17(22)24-12-13-7-5-4-6-8-13/h4-8,14-16,21H,9-12H2,1-3H3,(H,20,23)/t14-,15+,16+/m0/s1. The van der Waals surface area contributed by atoms with Crippen LogP contribution in [0.1, 0.15) is 45.6 Å². The smallest absolute Gasteiger partial charge is 0.407 e. The summed E-state index contributed by atoms with van der Waals surface area (Å²) < 4.78 is 10.5. The fourth-order valence-electron chi connectivity index (χ4n) is 2.83. The lowest BCUT2D eigenvalue weighted by atomic mass is 9.84. The minimum absolute atomic E-state index is 0.228. The number of ether oxygens (including phenoxy) is 2. The van der Waals surface area contributed by atoms with Gasteiger partial charge in [-0.1, -0.05) is 30.3 Å². The number of alkyl carbamates (subject to hydrolysis) is 1. The molecule has 6 heteroatoms. The van der Waals surface area contributed by atoms with Gasteiger partial charge in [-0.3, -0.25) is 4.79 Å². The SMILES string of the molecule is CC(C)(C)OC(=O)N[C@@H]1CC[C@H](C(=O)OCc2ccccc2)C[C@H]1O. The van der Waals surface area contributed by atoms with Crippen molar-refractivity contribution in [1.82, 2.24) is 5.32 Å². The van der Waals surface area contributed by atoms with Crippen molar-refractivity contribution >= 4 is 12.1 Å². The molecule has 0 heterocycles. The Morgan fingerprint density at radius 2 is 1.88 bits per heavy atom. The summed E-state index contributed by atoms with van der Waals surface area (Å²) in [7, 11) is 0. The highest BCUT2D eigenvalue weighted by Crippen LogP contribution is 2.26. The van der Waals surface area contributed by atoms with Crippen molar-refractivity contribution < 1.29 is 24.2 Å². The fourth-order valence-corrected chi connectivity index (χ4v) is 2.83. The number of rotatable bonds is 4. The van der Waals surface area contributed by atoms with E-state index < -0.39 is 23.8 Å². The van der Waals surface area contributed by atoms with Crippen LogP contribution in [-0.4, -0.2) is 34.9 Å². The Kier molecular flexibility index (Phi) is 6.42. The van der Waals surface area contributed by atoms with Crippen molar-refractivity contribution in [3.8, 4) is 0 Å². The maximum atomic E-state index is 12.2. The van der Waals surface area contributed by atoms with Gasteiger partial charge < -0.3 is 19.9 Å². The zero-order valence-electron chi connectivity index (χ0n) is 15.0. The van der Waals surface area contributed by atoms with Gasteiger partial charge in [-0.15, -0.1) is 0 Å². The van der Waals surface area contributed by atoms with Crippen molar-refractivity contribution in [1.29, 1.82) is 0 Å². The summed E-state index contributed by atoms with van der Waals surface area (Å²) in [6.07, 6.45) is -0.0118. The molecule has 1 aliphatic rings. The summed E-state index contributed by atoms with van der Waals surface area (Å²) in [6.45, 7) is 5.57. The molecule has 138 valence electrons. The van der Waals surface area contributed by atoms with Crippen LogP contribution in [0, 0.1) is 5.92 Å². The number of carbonyl (C=O) groups is 2. The molecule has 0 radical (unpaired) electrons. The first-order chi connectivity index (χ1) is 11.7. The molecular weight excluding hydrogens is 322 g/mol. The van der Waals surface area contributed by atoms with Crippen LogP contribution in [0.25, 0.3) is 0 Å². The van der Waals surface area contributed by atoms with Crippen molar-refractivity contribution in [3.63, 3.8) is 0 Å². The van der Waals surface area contributed by atoms with Gasteiger partial charge in [0.15, 0.2) is 0 Å². The summed E-state index contributed by atoms with van der Waals surface area (Å²) in [5.41, 5.74) is 0.338. The third kappa shape index (κ3) is 6.38. The van der Waals surface area contributed by atoms with E-state index in [0.29, 0.717) is 12.8 Å². The fraction of sp³-hybridized carbons (Fsp3) is 0.579. The van der Waals surface area contributed by atoms with Crippen LogP contribution in [0.2, 0.25) is 0 Å². The molecule has 1 fully saturated rings. The highest BCUT2D eigenvalue weighted by atomic mass is 16.6. The van der Waals surface area contributed by atoms with Crippen LogP contribution in [0.15, 0.2) is 30.3 Å². The number of hydrogen-bond donors (Lipinski definition) is 2. The molecule has 1 amide bonds. The molecule has 6 nitrogen and oxygen atoms in total. The number of benzene rings is 1. The predicted molar refractivity (Wildman–Crippen MR) is 92.7 cm³/mol. The van der Waals surface area contributed by atoms with E-state index in [1.807, 2.05) is 30.3 Å². The third-order valence-corrected chi connectivity index (χ3v) is 4.08. The molecule has 1 aromatic rings. The molecule has 1 saturated carbocycles. The Bertz CT molecular complexity index is 581. The van der Waals surface area contributed by atoms with Crippen LogP contribution < -0.4 is 5.32 Å². The summed E-state index contributed by atoms with van der Waals surface area (Å²) in [5, 5.41) is 12.9. The second kappa shape index (κ2) is 8.34. The van der Waals surface area contributed by atoms with Crippen LogP contribution in [-0.2, 0) is 20.9 Å². The maximum absolute atomic E-state index is 12.2. The van der Waals surface area contributed by atoms with Crippen LogP contribution in [0.3, 0.4) is 0 Å². The first-order valence-corrected chi connectivity index (χ1v) is 8.63. The number of carbonyl (C=O) groups excluding carboxylic acids is 2. The Labute approximate surface area is 148 Å². The van der Waals surface area contributed by atoms with Gasteiger partial charge in [0.2, 0.25) is 0 Å². The zero-order valence-corrected chi connectivity index (χ0v) is 15.0. The van der Waals surface area contributed by atoms with E-state index in [0.717, 1.165) is 5.56 Å². The lowest BCUT2D eigenvalue weighted by molar-refractivity contribution is -0.152. The van der Waals surface area contributed by atoms with E-state index in [1.165, 1.54) is 0 Å². The van der Waals surface area contributed by atoms with Crippen LogP contribution in [0.5, 0.6) is 0 Å². The van der Waals surface area contributed by atoms with E-state index in [-0.39, 0.29) is 24.9 Å². The number of aliphatic hydroxyl groups is 1. The summed E-state index contributed by atoms with van der Waals surface area (Å²) in [5.74, 6) is -0.658. The van der Waals surface area contributed by atoms with E-state index in [9.17, 15) is 14.7 Å². The number of hydrogen-bond acceptors (Lipinski definition) is 5. The average molecular weight is 349 g/mol. The van der Waals surface area contributed by atoms with Crippen molar-refractivity contribution in [2.24, 2.45) is 5.92 Å². The molecule has 1 aromatic carbocycles. The summed E-state index contributed by atoms with van der Waals surface area (Å²) in [6, 6.07) is 9.06. The second-order valence-corrected chi connectivity index (χ2v) is 7.42.